The van der Waals surface area contributed by atoms with Crippen LogP contribution in [0.2, 0.25) is 0 Å². The Bertz CT molecular complexity index is 653. The summed E-state index contributed by atoms with van der Waals surface area (Å²) in [5.74, 6) is 0.158. The summed E-state index contributed by atoms with van der Waals surface area (Å²) in [4.78, 5) is 11.9. The highest BCUT2D eigenvalue weighted by Crippen LogP contribution is 2.20. The van der Waals surface area contributed by atoms with Gasteiger partial charge in [0.25, 0.3) is 0 Å². The molecule has 0 atom stereocenters. The Balaban J connectivity index is 1.72. The summed E-state index contributed by atoms with van der Waals surface area (Å²) in [6, 6.07) is 7.63. The van der Waals surface area contributed by atoms with Gasteiger partial charge < -0.3 is 10.5 Å². The van der Waals surface area contributed by atoms with Crippen molar-refractivity contribution in [3.05, 3.63) is 29.8 Å². The Kier molecular flexibility index (Phi) is 7.22. The van der Waals surface area contributed by atoms with Crippen molar-refractivity contribution in [2.24, 2.45) is 11.7 Å². The van der Waals surface area contributed by atoms with Gasteiger partial charge in [-0.05, 0) is 42.9 Å². The molecular formula is C17H27N3O4S. The van der Waals surface area contributed by atoms with Crippen molar-refractivity contribution in [3.8, 4) is 0 Å². The van der Waals surface area contributed by atoms with Crippen LogP contribution in [0.1, 0.15) is 25.3 Å². The van der Waals surface area contributed by atoms with E-state index in [0.717, 1.165) is 6.42 Å². The second-order valence-electron chi connectivity index (χ2n) is 6.22. The highest BCUT2D eigenvalue weighted by molar-refractivity contribution is 7.89. The van der Waals surface area contributed by atoms with Crippen molar-refractivity contribution >= 4 is 21.8 Å². The Morgan fingerprint density at radius 2 is 1.92 bits per heavy atom. The van der Waals surface area contributed by atoms with Gasteiger partial charge in [0.15, 0.2) is 0 Å². The van der Waals surface area contributed by atoms with Crippen LogP contribution in [-0.4, -0.2) is 50.8 Å². The topological polar surface area (TPSA) is 102 Å². The molecule has 0 radical (unpaired) electrons. The lowest BCUT2D eigenvalue weighted by Gasteiger charge is -2.30. The van der Waals surface area contributed by atoms with E-state index >= 15 is 0 Å². The van der Waals surface area contributed by atoms with E-state index in [1.165, 1.54) is 9.87 Å². The molecule has 1 aliphatic rings. The van der Waals surface area contributed by atoms with Crippen LogP contribution < -0.4 is 11.1 Å². The number of piperidine rings is 1. The van der Waals surface area contributed by atoms with Crippen LogP contribution in [0.4, 0.5) is 10.5 Å². The quantitative estimate of drug-likeness (QED) is 0.763. The molecule has 0 spiro atoms. The Hall–Kier alpha value is -1.64. The minimum absolute atomic E-state index is 0.0204. The van der Waals surface area contributed by atoms with Gasteiger partial charge in [-0.3, -0.25) is 5.32 Å². The predicted molar refractivity (Wildman–Crippen MR) is 97.9 cm³/mol. The second-order valence-corrected chi connectivity index (χ2v) is 8.31. The zero-order valence-electron chi connectivity index (χ0n) is 14.6. The molecule has 1 aromatic carbocycles. The summed E-state index contributed by atoms with van der Waals surface area (Å²) >= 11 is 0. The molecule has 0 saturated carbocycles. The smallest absolute Gasteiger partial charge is 0.411 e. The summed E-state index contributed by atoms with van der Waals surface area (Å²) in [6.07, 6.45) is 1.83. The Morgan fingerprint density at radius 1 is 1.28 bits per heavy atom. The first-order chi connectivity index (χ1) is 11.9. The monoisotopic (exact) mass is 369 g/mol. The van der Waals surface area contributed by atoms with E-state index in [2.05, 4.69) is 12.2 Å². The molecular weight excluding hydrogens is 342 g/mol. The van der Waals surface area contributed by atoms with Crippen molar-refractivity contribution < 1.29 is 17.9 Å². The normalized spacial score (nSPS) is 16.6. The van der Waals surface area contributed by atoms with E-state index in [-0.39, 0.29) is 18.2 Å². The van der Waals surface area contributed by atoms with Crippen LogP contribution in [0.3, 0.4) is 0 Å². The van der Waals surface area contributed by atoms with Gasteiger partial charge in [0.1, 0.15) is 0 Å². The van der Waals surface area contributed by atoms with Crippen molar-refractivity contribution in [2.45, 2.75) is 26.2 Å². The third-order valence-corrected chi connectivity index (χ3v) is 6.30. The molecule has 1 saturated heterocycles. The largest absolute Gasteiger partial charge is 0.449 e. The minimum Gasteiger partial charge on any atom is -0.449 e. The number of sulfonamides is 1. The average molecular weight is 369 g/mol. The number of rotatable bonds is 7. The molecule has 1 amide bonds. The zero-order chi connectivity index (χ0) is 18.3. The highest BCUT2D eigenvalue weighted by Gasteiger charge is 2.27. The maximum absolute atomic E-state index is 12.0. The number of hydrogen-bond donors (Lipinski definition) is 2. The first kappa shape index (κ1) is 19.7. The molecule has 7 nitrogen and oxygen atoms in total. The molecule has 1 aliphatic heterocycles. The van der Waals surface area contributed by atoms with Crippen LogP contribution in [0.5, 0.6) is 0 Å². The summed E-state index contributed by atoms with van der Waals surface area (Å²) < 4.78 is 30.7. The van der Waals surface area contributed by atoms with Crippen LogP contribution in [0.25, 0.3) is 0 Å². The highest BCUT2D eigenvalue weighted by atomic mass is 32.2. The summed E-state index contributed by atoms with van der Waals surface area (Å²) in [5.41, 5.74) is 7.24. The number of amides is 1. The fourth-order valence-corrected chi connectivity index (χ4v) is 4.13. The maximum atomic E-state index is 12.0. The first-order valence-corrected chi connectivity index (χ1v) is 10.3. The fraction of sp³-hybridized carbons (Fsp3) is 0.588. The molecule has 1 fully saturated rings. The number of carbonyl (C=O) groups is 1. The third-order valence-electron chi connectivity index (χ3n) is 4.40. The van der Waals surface area contributed by atoms with Gasteiger partial charge in [-0.1, -0.05) is 19.1 Å². The molecule has 0 unspecified atom stereocenters. The molecule has 140 valence electrons. The molecule has 1 aromatic rings. The van der Waals surface area contributed by atoms with E-state index in [1.54, 1.807) is 0 Å². The van der Waals surface area contributed by atoms with E-state index in [4.69, 9.17) is 10.5 Å². The number of ether oxygens (including phenoxy) is 1. The minimum atomic E-state index is -3.25. The number of nitrogens with two attached hydrogens (primary N) is 1. The summed E-state index contributed by atoms with van der Waals surface area (Å²) in [7, 11) is -3.25. The van der Waals surface area contributed by atoms with Gasteiger partial charge in [-0.2, -0.15) is 0 Å². The van der Waals surface area contributed by atoms with E-state index in [0.29, 0.717) is 38.2 Å². The van der Waals surface area contributed by atoms with Gasteiger partial charge >= 0.3 is 6.09 Å². The predicted octanol–water partition coefficient (Wildman–Crippen LogP) is 1.80. The van der Waals surface area contributed by atoms with Gasteiger partial charge in [-0.25, -0.2) is 17.5 Å². The molecule has 3 N–H and O–H groups in total. The van der Waals surface area contributed by atoms with Crippen molar-refractivity contribution in [1.29, 1.82) is 0 Å². The van der Waals surface area contributed by atoms with Crippen LogP contribution in [0, 0.1) is 5.92 Å². The third kappa shape index (κ3) is 5.98. The number of benzene rings is 1. The lowest BCUT2D eigenvalue weighted by Crippen LogP contribution is -2.41. The molecule has 0 aliphatic carbocycles. The van der Waals surface area contributed by atoms with E-state index < -0.39 is 16.1 Å². The zero-order valence-corrected chi connectivity index (χ0v) is 15.4. The standard InChI is InChI=1S/C17H27N3O4S/c1-2-14-3-5-16(6-4-14)19-17(21)24-13-15-7-10-20(11-8-15)25(22,23)12-9-18/h3-6,15H,2,7-13,18H2,1H3,(H,19,21). The van der Waals surface area contributed by atoms with Gasteiger partial charge in [0.2, 0.25) is 10.0 Å². The van der Waals surface area contributed by atoms with Crippen molar-refractivity contribution in [3.63, 3.8) is 0 Å². The fourth-order valence-electron chi connectivity index (χ4n) is 2.80. The van der Waals surface area contributed by atoms with E-state index in [1.807, 2.05) is 24.3 Å². The Labute approximate surface area is 149 Å². The second kappa shape index (κ2) is 9.17. The van der Waals surface area contributed by atoms with Gasteiger partial charge in [0, 0.05) is 25.3 Å². The average Bonchev–Trinajstić information content (AvgIpc) is 2.61. The number of anilines is 1. The molecule has 1 heterocycles. The number of aryl methyl sites for hydroxylation is 1. The lowest BCUT2D eigenvalue weighted by molar-refractivity contribution is 0.122. The maximum Gasteiger partial charge on any atom is 0.411 e. The number of hydrogen-bond acceptors (Lipinski definition) is 5. The van der Waals surface area contributed by atoms with Crippen LogP contribution in [0.15, 0.2) is 24.3 Å². The lowest BCUT2D eigenvalue weighted by atomic mass is 9.99. The summed E-state index contributed by atoms with van der Waals surface area (Å²) in [5, 5.41) is 2.70. The summed E-state index contributed by atoms with van der Waals surface area (Å²) in [6.45, 7) is 3.41. The molecule has 0 bridgehead atoms. The molecule has 2 rings (SSSR count). The van der Waals surface area contributed by atoms with Crippen molar-refractivity contribution in [2.75, 3.05) is 37.3 Å². The number of nitrogens with zero attached hydrogens (tertiary/aromatic N) is 1. The van der Waals surface area contributed by atoms with Gasteiger partial charge in [-0.15, -0.1) is 0 Å². The van der Waals surface area contributed by atoms with Crippen molar-refractivity contribution in [1.82, 2.24) is 4.31 Å². The van der Waals surface area contributed by atoms with Crippen LogP contribution >= 0.6 is 0 Å². The Morgan fingerprint density at radius 3 is 2.48 bits per heavy atom. The molecule has 0 aromatic heterocycles. The molecule has 8 heteroatoms. The first-order valence-electron chi connectivity index (χ1n) is 8.65. The molecule has 25 heavy (non-hydrogen) atoms. The van der Waals surface area contributed by atoms with Gasteiger partial charge in [0.05, 0.1) is 12.4 Å². The SMILES string of the molecule is CCc1ccc(NC(=O)OCC2CCN(S(=O)(=O)CCN)CC2)cc1. The number of carbonyl (C=O) groups excluding carboxylic acids is 1. The number of nitrogens with one attached hydrogen (secondary N) is 1. The van der Waals surface area contributed by atoms with Crippen LogP contribution in [-0.2, 0) is 21.2 Å². The van der Waals surface area contributed by atoms with E-state index in [9.17, 15) is 13.2 Å².